The third-order valence-electron chi connectivity index (χ3n) is 5.58. The van der Waals surface area contributed by atoms with E-state index < -0.39 is 5.97 Å². The van der Waals surface area contributed by atoms with Crippen LogP contribution in [-0.2, 0) is 14.3 Å². The SMILES string of the molecule is CCCCCCCCCCCCCCCC(=O)OC(CCCC)CCCC(=O)O. The minimum absolute atomic E-state index is 0.107. The van der Waals surface area contributed by atoms with E-state index in [1.807, 2.05) is 0 Å². The van der Waals surface area contributed by atoms with Gasteiger partial charge in [0.2, 0.25) is 0 Å². The first-order valence-electron chi connectivity index (χ1n) is 12.5. The molecule has 4 nitrogen and oxygen atoms in total. The van der Waals surface area contributed by atoms with Gasteiger partial charge in [0, 0.05) is 12.8 Å². The van der Waals surface area contributed by atoms with E-state index in [0.717, 1.165) is 32.1 Å². The number of carboxylic acids is 1. The van der Waals surface area contributed by atoms with Crippen LogP contribution in [0.2, 0.25) is 0 Å². The molecule has 29 heavy (non-hydrogen) atoms. The second kappa shape index (κ2) is 21.6. The maximum atomic E-state index is 12.1. The van der Waals surface area contributed by atoms with Gasteiger partial charge in [-0.15, -0.1) is 0 Å². The van der Waals surface area contributed by atoms with Crippen LogP contribution >= 0.6 is 0 Å². The summed E-state index contributed by atoms with van der Waals surface area (Å²) in [5, 5.41) is 8.76. The van der Waals surface area contributed by atoms with E-state index >= 15 is 0 Å². The Morgan fingerprint density at radius 1 is 0.621 bits per heavy atom. The predicted octanol–water partition coefficient (Wildman–Crippen LogP) is 7.82. The molecule has 0 spiro atoms. The standard InChI is InChI=1S/C25H48O4/c1-3-5-7-8-9-10-11-12-13-14-15-16-17-22-25(28)29-23(19-6-4-2)20-18-21-24(26)27/h23H,3-22H2,1-2H3,(H,26,27). The van der Waals surface area contributed by atoms with Crippen LogP contribution in [0.25, 0.3) is 0 Å². The number of rotatable bonds is 22. The van der Waals surface area contributed by atoms with E-state index in [0.29, 0.717) is 19.3 Å². The van der Waals surface area contributed by atoms with Crippen molar-refractivity contribution >= 4 is 11.9 Å². The van der Waals surface area contributed by atoms with Gasteiger partial charge in [-0.3, -0.25) is 9.59 Å². The normalized spacial score (nSPS) is 12.1. The number of ether oxygens (including phenoxy) is 1. The van der Waals surface area contributed by atoms with Crippen molar-refractivity contribution in [2.45, 2.75) is 148 Å². The van der Waals surface area contributed by atoms with E-state index in [-0.39, 0.29) is 18.5 Å². The lowest BCUT2D eigenvalue weighted by Gasteiger charge is -2.17. The number of hydrogen-bond acceptors (Lipinski definition) is 3. The van der Waals surface area contributed by atoms with Crippen LogP contribution in [0.3, 0.4) is 0 Å². The molecule has 0 aromatic rings. The summed E-state index contributed by atoms with van der Waals surface area (Å²) in [6.07, 6.45) is 21.6. The number of carboxylic acid groups (broad SMARTS) is 1. The molecule has 0 bridgehead atoms. The highest BCUT2D eigenvalue weighted by molar-refractivity contribution is 5.69. The molecule has 1 atom stereocenters. The van der Waals surface area contributed by atoms with Gasteiger partial charge in [-0.2, -0.15) is 0 Å². The molecule has 4 heteroatoms. The smallest absolute Gasteiger partial charge is 0.306 e. The van der Waals surface area contributed by atoms with E-state index in [1.165, 1.54) is 70.6 Å². The van der Waals surface area contributed by atoms with Gasteiger partial charge in [-0.05, 0) is 25.7 Å². The monoisotopic (exact) mass is 412 g/mol. The van der Waals surface area contributed by atoms with Crippen molar-refractivity contribution in [1.82, 2.24) is 0 Å². The highest BCUT2D eigenvalue weighted by Crippen LogP contribution is 2.16. The topological polar surface area (TPSA) is 63.6 Å². The van der Waals surface area contributed by atoms with Gasteiger partial charge in [0.1, 0.15) is 6.10 Å². The zero-order valence-electron chi connectivity index (χ0n) is 19.4. The summed E-state index contributed by atoms with van der Waals surface area (Å²) in [4.78, 5) is 22.7. The maximum absolute atomic E-state index is 12.1. The van der Waals surface area contributed by atoms with Crippen molar-refractivity contribution in [1.29, 1.82) is 0 Å². The van der Waals surface area contributed by atoms with Gasteiger partial charge in [0.05, 0.1) is 0 Å². The summed E-state index contributed by atoms with van der Waals surface area (Å²) in [7, 11) is 0. The fourth-order valence-electron chi connectivity index (χ4n) is 3.71. The molecular formula is C25H48O4. The summed E-state index contributed by atoms with van der Waals surface area (Å²) in [6, 6.07) is 0. The summed E-state index contributed by atoms with van der Waals surface area (Å²) in [5.74, 6) is -0.887. The van der Waals surface area contributed by atoms with Crippen molar-refractivity contribution in [3.8, 4) is 0 Å². The van der Waals surface area contributed by atoms with E-state index in [4.69, 9.17) is 9.84 Å². The Labute approximate surface area is 180 Å². The molecule has 0 saturated heterocycles. The molecule has 0 aliphatic heterocycles. The number of carbonyl (C=O) groups is 2. The fourth-order valence-corrected chi connectivity index (χ4v) is 3.71. The first-order chi connectivity index (χ1) is 14.1. The Morgan fingerprint density at radius 2 is 1.07 bits per heavy atom. The van der Waals surface area contributed by atoms with Crippen LogP contribution in [0.1, 0.15) is 142 Å². The maximum Gasteiger partial charge on any atom is 0.306 e. The molecule has 0 aliphatic carbocycles. The third-order valence-corrected chi connectivity index (χ3v) is 5.58. The molecule has 1 N–H and O–H groups in total. The number of hydrogen-bond donors (Lipinski definition) is 1. The quantitative estimate of drug-likeness (QED) is 0.145. The van der Waals surface area contributed by atoms with E-state index in [2.05, 4.69) is 13.8 Å². The van der Waals surface area contributed by atoms with Crippen LogP contribution in [0.5, 0.6) is 0 Å². The Kier molecular flexibility index (Phi) is 20.9. The fraction of sp³-hybridized carbons (Fsp3) is 0.920. The molecule has 0 fully saturated rings. The molecular weight excluding hydrogens is 364 g/mol. The Morgan fingerprint density at radius 3 is 1.55 bits per heavy atom. The molecule has 172 valence electrons. The molecule has 0 aromatic heterocycles. The minimum Gasteiger partial charge on any atom is -0.481 e. The lowest BCUT2D eigenvalue weighted by molar-refractivity contribution is -0.150. The Balaban J connectivity index is 3.58. The van der Waals surface area contributed by atoms with Gasteiger partial charge < -0.3 is 9.84 Å². The molecule has 0 radical (unpaired) electrons. The van der Waals surface area contributed by atoms with Crippen LogP contribution in [-0.4, -0.2) is 23.1 Å². The first kappa shape index (κ1) is 27.9. The lowest BCUT2D eigenvalue weighted by Crippen LogP contribution is -2.18. The average Bonchev–Trinajstić information content (AvgIpc) is 2.69. The Hall–Kier alpha value is -1.06. The first-order valence-corrected chi connectivity index (χ1v) is 12.5. The van der Waals surface area contributed by atoms with E-state index in [1.54, 1.807) is 0 Å². The van der Waals surface area contributed by atoms with Crippen LogP contribution < -0.4 is 0 Å². The second-order valence-electron chi connectivity index (χ2n) is 8.53. The Bertz CT molecular complexity index is 381. The molecule has 0 aromatic carbocycles. The van der Waals surface area contributed by atoms with Gasteiger partial charge in [-0.1, -0.05) is 104 Å². The highest BCUT2D eigenvalue weighted by atomic mass is 16.5. The molecule has 0 aliphatic rings. The van der Waals surface area contributed by atoms with Crippen molar-refractivity contribution in [3.63, 3.8) is 0 Å². The van der Waals surface area contributed by atoms with Gasteiger partial charge in [-0.25, -0.2) is 0 Å². The van der Waals surface area contributed by atoms with Crippen molar-refractivity contribution in [2.75, 3.05) is 0 Å². The largest absolute Gasteiger partial charge is 0.481 e. The number of unbranched alkanes of at least 4 members (excludes halogenated alkanes) is 13. The molecule has 0 saturated carbocycles. The highest BCUT2D eigenvalue weighted by Gasteiger charge is 2.14. The summed E-state index contributed by atoms with van der Waals surface area (Å²) >= 11 is 0. The second-order valence-corrected chi connectivity index (χ2v) is 8.53. The lowest BCUT2D eigenvalue weighted by atomic mass is 10.0. The summed E-state index contributed by atoms with van der Waals surface area (Å²) < 4.78 is 5.61. The van der Waals surface area contributed by atoms with Gasteiger partial charge in [0.25, 0.3) is 0 Å². The number of aliphatic carboxylic acids is 1. The third kappa shape index (κ3) is 21.5. The molecule has 0 amide bonds. The zero-order valence-corrected chi connectivity index (χ0v) is 19.4. The van der Waals surface area contributed by atoms with E-state index in [9.17, 15) is 9.59 Å². The van der Waals surface area contributed by atoms with Crippen LogP contribution in [0.4, 0.5) is 0 Å². The zero-order chi connectivity index (χ0) is 21.6. The van der Waals surface area contributed by atoms with Crippen LogP contribution in [0, 0.1) is 0 Å². The molecule has 0 rings (SSSR count). The summed E-state index contributed by atoms with van der Waals surface area (Å²) in [5.41, 5.74) is 0. The van der Waals surface area contributed by atoms with Crippen molar-refractivity contribution < 1.29 is 19.4 Å². The summed E-state index contributed by atoms with van der Waals surface area (Å²) in [6.45, 7) is 4.38. The van der Waals surface area contributed by atoms with Gasteiger partial charge in [0.15, 0.2) is 0 Å². The predicted molar refractivity (Wildman–Crippen MR) is 121 cm³/mol. The minimum atomic E-state index is -0.780. The molecule has 1 unspecified atom stereocenters. The van der Waals surface area contributed by atoms with Crippen molar-refractivity contribution in [2.24, 2.45) is 0 Å². The van der Waals surface area contributed by atoms with Crippen LogP contribution in [0.15, 0.2) is 0 Å². The average molecular weight is 413 g/mol. The number of carbonyl (C=O) groups excluding carboxylic acids is 1. The molecule has 0 heterocycles. The number of esters is 1. The van der Waals surface area contributed by atoms with Crippen molar-refractivity contribution in [3.05, 3.63) is 0 Å². The van der Waals surface area contributed by atoms with Gasteiger partial charge >= 0.3 is 11.9 Å².